The normalized spacial score (nSPS) is 12.2. The quantitative estimate of drug-likeness (QED) is 0.676. The van der Waals surface area contributed by atoms with Crippen LogP contribution in [0.2, 0.25) is 0 Å². The molecule has 0 bridgehead atoms. The smallest absolute Gasteiger partial charge is 0.406 e. The molecule has 0 saturated carbocycles. The lowest BCUT2D eigenvalue weighted by Gasteiger charge is -2.09. The van der Waals surface area contributed by atoms with E-state index in [4.69, 9.17) is 1.37 Å². The number of hydrogen-bond donors (Lipinski definition) is 0. The highest BCUT2D eigenvalue weighted by atomic mass is 19.4. The summed E-state index contributed by atoms with van der Waals surface area (Å²) in [4.78, 5) is 4.09. The monoisotopic (exact) mass is 290 g/mol. The number of hydrogen-bond acceptors (Lipinski definition) is 2. The summed E-state index contributed by atoms with van der Waals surface area (Å²) in [6.45, 7) is 0. The number of halogens is 3. The van der Waals surface area contributed by atoms with Crippen molar-refractivity contribution in [1.29, 1.82) is 0 Å². The Kier molecular flexibility index (Phi) is 2.96. The molecule has 106 valence electrons. The van der Waals surface area contributed by atoms with Crippen LogP contribution in [0, 0.1) is 0 Å². The predicted molar refractivity (Wildman–Crippen MR) is 73.9 cm³/mol. The van der Waals surface area contributed by atoms with E-state index in [0.29, 0.717) is 5.52 Å². The maximum absolute atomic E-state index is 12.1. The van der Waals surface area contributed by atoms with Crippen LogP contribution in [0.1, 0.15) is 1.37 Å². The molecule has 0 fully saturated rings. The summed E-state index contributed by atoms with van der Waals surface area (Å²) in [6.07, 6.45) is -4.50. The van der Waals surface area contributed by atoms with Gasteiger partial charge in [-0.1, -0.05) is 24.3 Å². The lowest BCUT2D eigenvalue weighted by molar-refractivity contribution is -0.274. The second-order valence-electron chi connectivity index (χ2n) is 4.42. The van der Waals surface area contributed by atoms with E-state index in [1.807, 2.05) is 12.1 Å². The van der Waals surface area contributed by atoms with Crippen molar-refractivity contribution < 1.29 is 19.3 Å². The van der Waals surface area contributed by atoms with Crippen molar-refractivity contribution in [3.05, 3.63) is 60.8 Å². The average molecular weight is 290 g/mol. The van der Waals surface area contributed by atoms with Gasteiger partial charge in [-0.2, -0.15) is 0 Å². The molecule has 0 amide bonds. The van der Waals surface area contributed by atoms with Gasteiger partial charge in [-0.25, -0.2) is 0 Å². The van der Waals surface area contributed by atoms with Gasteiger partial charge in [0.2, 0.25) is 0 Å². The highest BCUT2D eigenvalue weighted by Crippen LogP contribution is 2.27. The van der Waals surface area contributed by atoms with E-state index < -0.39 is 6.36 Å². The van der Waals surface area contributed by atoms with E-state index in [0.717, 1.165) is 16.5 Å². The average Bonchev–Trinajstić information content (AvgIpc) is 2.46. The molecule has 0 saturated heterocycles. The lowest BCUT2D eigenvalue weighted by atomic mass is 10.0. The Morgan fingerprint density at radius 3 is 2.38 bits per heavy atom. The highest BCUT2D eigenvalue weighted by Gasteiger charge is 2.30. The molecular weight excluding hydrogens is 279 g/mol. The topological polar surface area (TPSA) is 22.1 Å². The van der Waals surface area contributed by atoms with Gasteiger partial charge in [-0.3, -0.25) is 4.98 Å². The zero-order valence-electron chi connectivity index (χ0n) is 11.7. The van der Waals surface area contributed by atoms with Gasteiger partial charge in [0.05, 0.1) is 6.89 Å². The fourth-order valence-corrected chi connectivity index (χ4v) is 2.05. The third-order valence-corrected chi connectivity index (χ3v) is 2.97. The summed E-state index contributed by atoms with van der Waals surface area (Å²) in [5.74, 6) is -0.252. The minimum absolute atomic E-state index is 0.189. The van der Waals surface area contributed by atoms with Gasteiger partial charge in [0.25, 0.3) is 0 Å². The zero-order chi connectivity index (χ0) is 15.7. The van der Waals surface area contributed by atoms with Gasteiger partial charge in [-0.05, 0) is 41.5 Å². The third kappa shape index (κ3) is 3.13. The molecule has 0 spiro atoms. The Hall–Kier alpha value is -2.56. The Morgan fingerprint density at radius 1 is 0.952 bits per heavy atom. The molecule has 5 heteroatoms. The van der Waals surface area contributed by atoms with E-state index in [1.54, 1.807) is 30.3 Å². The van der Waals surface area contributed by atoms with Crippen LogP contribution in [0.15, 0.2) is 60.8 Å². The molecule has 2 aromatic carbocycles. The van der Waals surface area contributed by atoms with Crippen molar-refractivity contribution in [2.24, 2.45) is 0 Å². The minimum atomic E-state index is -4.69. The summed E-state index contributed by atoms with van der Waals surface area (Å²) in [6, 6.07) is 14.5. The van der Waals surface area contributed by atoms with Crippen molar-refractivity contribution in [3.63, 3.8) is 0 Å². The Balaban J connectivity index is 1.92. The molecule has 2 nitrogen and oxygen atoms in total. The summed E-state index contributed by atoms with van der Waals surface area (Å²) < 4.78 is 47.7. The van der Waals surface area contributed by atoms with Crippen LogP contribution in [-0.2, 0) is 0 Å². The molecule has 1 aromatic heterocycles. The van der Waals surface area contributed by atoms with E-state index in [-0.39, 0.29) is 11.9 Å². The van der Waals surface area contributed by atoms with Crippen LogP contribution >= 0.6 is 0 Å². The molecule has 0 atom stereocenters. The van der Waals surface area contributed by atoms with E-state index in [9.17, 15) is 13.2 Å². The molecule has 3 rings (SSSR count). The van der Waals surface area contributed by atoms with Gasteiger partial charge >= 0.3 is 6.36 Å². The second-order valence-corrected chi connectivity index (χ2v) is 4.42. The van der Waals surface area contributed by atoms with E-state index in [2.05, 4.69) is 9.72 Å². The van der Waals surface area contributed by atoms with Gasteiger partial charge in [0, 0.05) is 11.6 Å². The first-order valence-corrected chi connectivity index (χ1v) is 6.14. The Bertz CT molecular complexity index is 816. The standard InChI is InChI=1S/C16H10F3NO/c17-16(18,19)21-14-6-3-11(4-7-14)12-5-8-15-13(10-12)2-1-9-20-15/h1-10H/i9D. The van der Waals surface area contributed by atoms with Crippen LogP contribution in [0.3, 0.4) is 0 Å². The predicted octanol–water partition coefficient (Wildman–Crippen LogP) is 4.80. The van der Waals surface area contributed by atoms with Crippen molar-refractivity contribution in [2.75, 3.05) is 0 Å². The first-order chi connectivity index (χ1) is 10.4. The van der Waals surface area contributed by atoms with Crippen molar-refractivity contribution in [2.45, 2.75) is 6.36 Å². The largest absolute Gasteiger partial charge is 0.573 e. The fraction of sp³-hybridized carbons (Fsp3) is 0.0625. The van der Waals surface area contributed by atoms with Crippen molar-refractivity contribution >= 4 is 10.9 Å². The van der Waals surface area contributed by atoms with Gasteiger partial charge in [-0.15, -0.1) is 13.2 Å². The summed E-state index contributed by atoms with van der Waals surface area (Å²) >= 11 is 0. The fourth-order valence-electron chi connectivity index (χ4n) is 2.05. The van der Waals surface area contributed by atoms with Gasteiger partial charge in [0.1, 0.15) is 5.75 Å². The number of fused-ring (bicyclic) bond motifs is 1. The summed E-state index contributed by atoms with van der Waals surface area (Å²) in [5.41, 5.74) is 2.32. The number of benzene rings is 2. The van der Waals surface area contributed by atoms with Crippen molar-refractivity contribution in [1.82, 2.24) is 4.98 Å². The molecule has 0 aliphatic rings. The number of nitrogens with zero attached hydrogens (tertiary/aromatic N) is 1. The zero-order valence-corrected chi connectivity index (χ0v) is 10.7. The van der Waals surface area contributed by atoms with Crippen LogP contribution in [0.4, 0.5) is 13.2 Å². The minimum Gasteiger partial charge on any atom is -0.406 e. The molecule has 0 radical (unpaired) electrons. The molecule has 0 aliphatic carbocycles. The molecule has 0 N–H and O–H groups in total. The van der Waals surface area contributed by atoms with E-state index in [1.165, 1.54) is 12.1 Å². The number of rotatable bonds is 2. The van der Waals surface area contributed by atoms with Crippen LogP contribution in [0.5, 0.6) is 5.75 Å². The third-order valence-electron chi connectivity index (χ3n) is 2.97. The Morgan fingerprint density at radius 2 is 1.67 bits per heavy atom. The summed E-state index contributed by atoms with van der Waals surface area (Å²) in [7, 11) is 0. The molecular formula is C16H10F3NO. The van der Waals surface area contributed by atoms with Crippen LogP contribution in [0.25, 0.3) is 22.0 Å². The maximum atomic E-state index is 12.1. The number of pyridine rings is 1. The number of ether oxygens (including phenoxy) is 1. The first-order valence-electron chi connectivity index (χ1n) is 6.64. The Labute approximate surface area is 120 Å². The SMILES string of the molecule is [2H]c1ccc2cc(-c3ccc(OC(F)(F)F)cc3)ccc2n1. The summed E-state index contributed by atoms with van der Waals surface area (Å²) in [5, 5.41) is 0.865. The molecule has 0 unspecified atom stereocenters. The number of alkyl halides is 3. The molecule has 21 heavy (non-hydrogen) atoms. The maximum Gasteiger partial charge on any atom is 0.573 e. The van der Waals surface area contributed by atoms with Gasteiger partial charge in [0.15, 0.2) is 0 Å². The first kappa shape index (κ1) is 12.2. The molecule has 1 heterocycles. The molecule has 0 aliphatic heterocycles. The highest BCUT2D eigenvalue weighted by molar-refractivity contribution is 5.84. The van der Waals surface area contributed by atoms with Crippen LogP contribution < -0.4 is 4.74 Å². The van der Waals surface area contributed by atoms with Crippen LogP contribution in [-0.4, -0.2) is 11.3 Å². The number of aromatic nitrogens is 1. The molecule has 3 aromatic rings. The van der Waals surface area contributed by atoms with Crippen molar-refractivity contribution in [3.8, 4) is 16.9 Å². The second kappa shape index (κ2) is 5.09. The lowest BCUT2D eigenvalue weighted by Crippen LogP contribution is -2.16. The van der Waals surface area contributed by atoms with E-state index >= 15 is 0 Å². The van der Waals surface area contributed by atoms with Gasteiger partial charge < -0.3 is 4.74 Å².